The van der Waals surface area contributed by atoms with E-state index in [0.29, 0.717) is 5.69 Å². The van der Waals surface area contributed by atoms with Crippen molar-refractivity contribution in [1.82, 2.24) is 4.90 Å². The van der Waals surface area contributed by atoms with E-state index in [4.69, 9.17) is 4.74 Å². The maximum Gasteiger partial charge on any atom is 0.244 e. The zero-order valence-electron chi connectivity index (χ0n) is 16.9. The second-order valence-corrected chi connectivity index (χ2v) is 8.41. The van der Waals surface area contributed by atoms with Crippen LogP contribution in [0.3, 0.4) is 0 Å². The van der Waals surface area contributed by atoms with Crippen LogP contribution in [-0.4, -0.2) is 37.4 Å². The van der Waals surface area contributed by atoms with Crippen molar-refractivity contribution in [1.29, 1.82) is 0 Å². The molecule has 0 atom stereocenters. The molecule has 1 N–H and O–H groups in total. The minimum absolute atomic E-state index is 0.00430. The van der Waals surface area contributed by atoms with Gasteiger partial charge in [0, 0.05) is 11.5 Å². The molecule has 6 heteroatoms. The first-order valence-corrected chi connectivity index (χ1v) is 10.7. The Morgan fingerprint density at radius 3 is 2.34 bits per heavy atom. The summed E-state index contributed by atoms with van der Waals surface area (Å²) >= 11 is 3.43. The molecule has 1 fully saturated rings. The van der Waals surface area contributed by atoms with Crippen molar-refractivity contribution in [2.45, 2.75) is 37.5 Å². The molecule has 0 saturated heterocycles. The minimum Gasteiger partial charge on any atom is -0.497 e. The van der Waals surface area contributed by atoms with Crippen LogP contribution in [0.1, 0.15) is 37.7 Å². The van der Waals surface area contributed by atoms with E-state index < -0.39 is 5.41 Å². The second kappa shape index (κ2) is 9.44. The van der Waals surface area contributed by atoms with Gasteiger partial charge in [0.15, 0.2) is 0 Å². The van der Waals surface area contributed by atoms with Gasteiger partial charge in [0.2, 0.25) is 11.8 Å². The van der Waals surface area contributed by atoms with E-state index >= 15 is 0 Å². The predicted molar refractivity (Wildman–Crippen MR) is 118 cm³/mol. The molecule has 3 rings (SSSR count). The average molecular weight is 459 g/mol. The van der Waals surface area contributed by atoms with E-state index in [1.54, 1.807) is 19.1 Å². The van der Waals surface area contributed by atoms with Crippen LogP contribution in [0.25, 0.3) is 0 Å². The van der Waals surface area contributed by atoms with Gasteiger partial charge in [-0.2, -0.15) is 0 Å². The van der Waals surface area contributed by atoms with Gasteiger partial charge in [0.1, 0.15) is 5.75 Å². The Bertz CT molecular complexity index is 861. The van der Waals surface area contributed by atoms with E-state index in [0.717, 1.165) is 47.9 Å². The maximum absolute atomic E-state index is 13.5. The van der Waals surface area contributed by atoms with Gasteiger partial charge in [-0.15, -0.1) is 0 Å². The number of methoxy groups -OCH3 is 1. The van der Waals surface area contributed by atoms with Crippen LogP contribution in [0, 0.1) is 0 Å². The lowest BCUT2D eigenvalue weighted by molar-refractivity contribution is -0.139. The molecule has 0 aromatic heterocycles. The van der Waals surface area contributed by atoms with E-state index in [-0.39, 0.29) is 18.4 Å². The number of carbonyl (C=O) groups is 2. The second-order valence-electron chi connectivity index (χ2n) is 7.56. The highest BCUT2D eigenvalue weighted by atomic mass is 79.9. The SMILES string of the molecule is COc1ccc(C2(C(=O)N(C)CC(=O)Nc3ccccc3Br)CCCCC2)cc1. The van der Waals surface area contributed by atoms with Crippen LogP contribution in [0.4, 0.5) is 5.69 Å². The largest absolute Gasteiger partial charge is 0.497 e. The summed E-state index contributed by atoms with van der Waals surface area (Å²) in [5.74, 6) is 0.561. The van der Waals surface area contributed by atoms with Crippen LogP contribution < -0.4 is 10.1 Å². The number of carbonyl (C=O) groups excluding carboxylic acids is 2. The lowest BCUT2D eigenvalue weighted by Gasteiger charge is -2.39. The summed E-state index contributed by atoms with van der Waals surface area (Å²) in [4.78, 5) is 27.6. The Morgan fingerprint density at radius 1 is 1.07 bits per heavy atom. The number of hydrogen-bond acceptors (Lipinski definition) is 3. The molecule has 2 aromatic rings. The van der Waals surface area contributed by atoms with Crippen molar-refractivity contribution in [2.24, 2.45) is 0 Å². The molecular formula is C23H27BrN2O3. The number of amides is 2. The standard InChI is InChI=1S/C23H27BrN2O3/c1-26(16-21(27)25-20-9-5-4-8-19(20)24)22(28)23(14-6-3-7-15-23)17-10-12-18(29-2)13-11-17/h4-5,8-13H,3,6-7,14-16H2,1-2H3,(H,25,27). The minimum atomic E-state index is -0.577. The van der Waals surface area contributed by atoms with Crippen molar-refractivity contribution < 1.29 is 14.3 Å². The highest BCUT2D eigenvalue weighted by molar-refractivity contribution is 9.10. The quantitative estimate of drug-likeness (QED) is 0.678. The summed E-state index contributed by atoms with van der Waals surface area (Å²) in [5, 5.41) is 2.87. The van der Waals surface area contributed by atoms with Gasteiger partial charge < -0.3 is 15.0 Å². The van der Waals surface area contributed by atoms with Crippen LogP contribution in [0.5, 0.6) is 5.75 Å². The van der Waals surface area contributed by atoms with Gasteiger partial charge in [0.25, 0.3) is 0 Å². The van der Waals surface area contributed by atoms with E-state index in [1.165, 1.54) is 0 Å². The molecule has 29 heavy (non-hydrogen) atoms. The van der Waals surface area contributed by atoms with Crippen LogP contribution in [-0.2, 0) is 15.0 Å². The molecule has 1 aliphatic rings. The Labute approximate surface area is 180 Å². The number of halogens is 1. The highest BCUT2D eigenvalue weighted by Gasteiger charge is 2.43. The zero-order chi connectivity index (χ0) is 20.9. The Kier molecular flexibility index (Phi) is 6.96. The summed E-state index contributed by atoms with van der Waals surface area (Å²) in [6.07, 6.45) is 4.75. The molecule has 0 spiro atoms. The lowest BCUT2D eigenvalue weighted by Crippen LogP contribution is -2.48. The van der Waals surface area contributed by atoms with E-state index in [1.807, 2.05) is 48.5 Å². The van der Waals surface area contributed by atoms with Gasteiger partial charge in [-0.1, -0.05) is 43.5 Å². The highest BCUT2D eigenvalue weighted by Crippen LogP contribution is 2.41. The van der Waals surface area contributed by atoms with Crippen LogP contribution in [0.2, 0.25) is 0 Å². The first-order valence-electron chi connectivity index (χ1n) is 9.91. The summed E-state index contributed by atoms with van der Waals surface area (Å²) < 4.78 is 6.07. The van der Waals surface area contributed by atoms with Crippen molar-refractivity contribution in [3.63, 3.8) is 0 Å². The number of nitrogens with one attached hydrogen (secondary N) is 1. The molecule has 1 aliphatic carbocycles. The summed E-state index contributed by atoms with van der Waals surface area (Å²) in [6.45, 7) is 0.0120. The van der Waals surface area contributed by atoms with Crippen molar-refractivity contribution in [3.8, 4) is 5.75 Å². The van der Waals surface area contributed by atoms with Crippen LogP contribution >= 0.6 is 15.9 Å². The molecule has 0 bridgehead atoms. The number of anilines is 1. The third-order valence-corrected chi connectivity index (χ3v) is 6.33. The molecule has 154 valence electrons. The molecule has 0 radical (unpaired) electrons. The fourth-order valence-electron chi connectivity index (χ4n) is 4.10. The normalized spacial score (nSPS) is 15.4. The van der Waals surface area contributed by atoms with Gasteiger partial charge in [-0.25, -0.2) is 0 Å². The van der Waals surface area contributed by atoms with Crippen molar-refractivity contribution >= 4 is 33.4 Å². The zero-order valence-corrected chi connectivity index (χ0v) is 18.5. The first-order chi connectivity index (χ1) is 14.0. The van der Waals surface area contributed by atoms with Crippen LogP contribution in [0.15, 0.2) is 53.0 Å². The molecule has 0 unspecified atom stereocenters. The third kappa shape index (κ3) is 4.81. The van der Waals surface area contributed by atoms with E-state index in [9.17, 15) is 9.59 Å². The molecular weight excluding hydrogens is 432 g/mol. The number of likely N-dealkylation sites (N-methyl/N-ethyl adjacent to an activating group) is 1. The molecule has 1 saturated carbocycles. The molecule has 2 amide bonds. The number of ether oxygens (including phenoxy) is 1. The van der Waals surface area contributed by atoms with E-state index in [2.05, 4.69) is 21.2 Å². The Morgan fingerprint density at radius 2 is 1.72 bits per heavy atom. The number of benzene rings is 2. The number of para-hydroxylation sites is 1. The number of hydrogen-bond donors (Lipinski definition) is 1. The van der Waals surface area contributed by atoms with Gasteiger partial charge in [0.05, 0.1) is 24.8 Å². The fourth-order valence-corrected chi connectivity index (χ4v) is 4.48. The molecule has 0 heterocycles. The fraction of sp³-hybridized carbons (Fsp3) is 0.391. The summed E-state index contributed by atoms with van der Waals surface area (Å²) in [7, 11) is 3.34. The predicted octanol–water partition coefficient (Wildman–Crippen LogP) is 4.76. The number of nitrogens with zero attached hydrogens (tertiary/aromatic N) is 1. The monoisotopic (exact) mass is 458 g/mol. The molecule has 0 aliphatic heterocycles. The molecule has 2 aromatic carbocycles. The smallest absolute Gasteiger partial charge is 0.244 e. The first kappa shape index (κ1) is 21.4. The summed E-state index contributed by atoms with van der Waals surface area (Å²) in [6, 6.07) is 15.2. The maximum atomic E-state index is 13.5. The van der Waals surface area contributed by atoms with Gasteiger partial charge in [-0.3, -0.25) is 9.59 Å². The number of rotatable bonds is 6. The van der Waals surface area contributed by atoms with Crippen molar-refractivity contribution in [2.75, 3.05) is 26.0 Å². The Hall–Kier alpha value is -2.34. The average Bonchev–Trinajstić information content (AvgIpc) is 2.75. The topological polar surface area (TPSA) is 58.6 Å². The third-order valence-electron chi connectivity index (χ3n) is 5.63. The molecule has 5 nitrogen and oxygen atoms in total. The lowest BCUT2D eigenvalue weighted by atomic mass is 9.68. The van der Waals surface area contributed by atoms with Gasteiger partial charge >= 0.3 is 0 Å². The van der Waals surface area contributed by atoms with Gasteiger partial charge in [-0.05, 0) is 58.6 Å². The Balaban J connectivity index is 1.76. The summed E-state index contributed by atoms with van der Waals surface area (Å²) in [5.41, 5.74) is 1.12. The van der Waals surface area contributed by atoms with Crippen molar-refractivity contribution in [3.05, 3.63) is 58.6 Å².